The van der Waals surface area contributed by atoms with E-state index in [1.807, 2.05) is 69.0 Å². The second-order valence-electron chi connectivity index (χ2n) is 14.5. The van der Waals surface area contributed by atoms with Crippen LogP contribution in [0.4, 0.5) is 9.59 Å². The maximum absolute atomic E-state index is 14.5. The van der Waals surface area contributed by atoms with E-state index in [1.165, 1.54) is 9.80 Å². The van der Waals surface area contributed by atoms with Crippen molar-refractivity contribution in [2.75, 3.05) is 33.4 Å². The van der Waals surface area contributed by atoms with Gasteiger partial charge in [0.1, 0.15) is 24.6 Å². The van der Waals surface area contributed by atoms with E-state index < -0.39 is 23.7 Å². The summed E-state index contributed by atoms with van der Waals surface area (Å²) in [7, 11) is 1.67. The van der Waals surface area contributed by atoms with E-state index in [4.69, 9.17) is 49.0 Å². The van der Waals surface area contributed by atoms with E-state index >= 15 is 0 Å². The molecule has 1 heterocycles. The molecule has 0 bridgehead atoms. The molecule has 1 saturated carbocycles. The molecule has 3 aromatic rings. The molecule has 1 aliphatic heterocycles. The lowest BCUT2D eigenvalue weighted by Crippen LogP contribution is -2.49. The van der Waals surface area contributed by atoms with Crippen LogP contribution < -0.4 is 9.47 Å². The van der Waals surface area contributed by atoms with Gasteiger partial charge in [-0.2, -0.15) is 0 Å². The number of piperidine rings is 1. The Morgan fingerprint density at radius 3 is 2.15 bits per heavy atom. The molecule has 280 valence electrons. The number of benzene rings is 3. The first-order valence-corrected chi connectivity index (χ1v) is 18.5. The molecule has 2 aliphatic rings. The molecule has 0 spiro atoms. The van der Waals surface area contributed by atoms with Gasteiger partial charge in [0.2, 0.25) is 5.91 Å². The van der Waals surface area contributed by atoms with Crippen molar-refractivity contribution in [3.63, 3.8) is 0 Å². The standard InChI is InChI=1S/C39H46Cl3N3O7/c1-24-18-33(41)35(34(42)19-24)51-17-16-50-29-11-7-26(8-12-29)30-14-15-44(37(47)48)23-31(30)36(46)45(28-9-10-28)22-27-20-25(6-13-32(27)40)21-43(5)38(49)52-39(2,3)4/h6-8,11-13,18-20,28,30-31H,9-10,14-17,21-23H2,1-5H3,(H,47,48)/t30-,31+/m1/s1. The number of nitrogens with zero attached hydrogens (tertiary/aromatic N) is 3. The van der Waals surface area contributed by atoms with Gasteiger partial charge in [0.25, 0.3) is 0 Å². The molecule has 3 amide bonds. The number of carboxylic acid groups (broad SMARTS) is 1. The van der Waals surface area contributed by atoms with Crippen LogP contribution in [-0.2, 0) is 22.6 Å². The molecule has 2 fully saturated rings. The third-order valence-corrected chi connectivity index (χ3v) is 10.0. The number of amides is 3. The Morgan fingerprint density at radius 1 is 0.885 bits per heavy atom. The van der Waals surface area contributed by atoms with Crippen molar-refractivity contribution in [3.8, 4) is 11.5 Å². The van der Waals surface area contributed by atoms with Gasteiger partial charge in [-0.3, -0.25) is 4.79 Å². The SMILES string of the molecule is Cc1cc(Cl)c(OCCOc2ccc([C@H]3CCN(C(=O)O)C[C@@H]3C(=O)N(Cc3cc(CN(C)C(=O)OC(C)(C)C)ccc3Cl)C3CC3)cc2)c(Cl)c1. The molecular weight excluding hydrogens is 729 g/mol. The second-order valence-corrected chi connectivity index (χ2v) is 15.7. The van der Waals surface area contributed by atoms with Crippen LogP contribution in [0.15, 0.2) is 54.6 Å². The van der Waals surface area contributed by atoms with Crippen LogP contribution in [0.25, 0.3) is 0 Å². The lowest BCUT2D eigenvalue weighted by atomic mass is 9.79. The smallest absolute Gasteiger partial charge is 0.410 e. The Labute approximate surface area is 320 Å². The zero-order valence-corrected chi connectivity index (χ0v) is 32.4. The van der Waals surface area contributed by atoms with Crippen LogP contribution in [-0.4, -0.2) is 82.9 Å². The highest BCUT2D eigenvalue weighted by molar-refractivity contribution is 6.37. The van der Waals surface area contributed by atoms with Crippen molar-refractivity contribution < 1.29 is 33.7 Å². The molecule has 3 aromatic carbocycles. The highest BCUT2D eigenvalue weighted by Gasteiger charge is 2.43. The van der Waals surface area contributed by atoms with E-state index in [0.717, 1.165) is 35.1 Å². The summed E-state index contributed by atoms with van der Waals surface area (Å²) >= 11 is 19.2. The average Bonchev–Trinajstić information content (AvgIpc) is 3.92. The van der Waals surface area contributed by atoms with Gasteiger partial charge in [0.15, 0.2) is 5.75 Å². The topological polar surface area (TPSA) is 109 Å². The average molecular weight is 775 g/mol. The summed E-state index contributed by atoms with van der Waals surface area (Å²) in [6, 6.07) is 16.7. The van der Waals surface area contributed by atoms with Gasteiger partial charge in [-0.15, -0.1) is 0 Å². The minimum atomic E-state index is -1.04. The Balaban J connectivity index is 1.27. The van der Waals surface area contributed by atoms with Crippen LogP contribution in [0.3, 0.4) is 0 Å². The Hall–Kier alpha value is -3.86. The monoisotopic (exact) mass is 773 g/mol. The minimum Gasteiger partial charge on any atom is -0.490 e. The van der Waals surface area contributed by atoms with E-state index in [9.17, 15) is 19.5 Å². The van der Waals surface area contributed by atoms with Crippen molar-refractivity contribution in [3.05, 3.63) is 91.9 Å². The predicted octanol–water partition coefficient (Wildman–Crippen LogP) is 9.05. The van der Waals surface area contributed by atoms with E-state index in [2.05, 4.69) is 0 Å². The first-order chi connectivity index (χ1) is 24.6. The number of halogens is 3. The van der Waals surface area contributed by atoms with Gasteiger partial charge in [-0.1, -0.05) is 59.1 Å². The summed E-state index contributed by atoms with van der Waals surface area (Å²) in [6.45, 7) is 8.85. The minimum absolute atomic E-state index is 0.0418. The number of carbonyl (C=O) groups excluding carboxylic acids is 2. The molecule has 1 aliphatic carbocycles. The fourth-order valence-corrected chi connectivity index (χ4v) is 7.29. The molecule has 0 aromatic heterocycles. The number of carbonyl (C=O) groups is 3. The summed E-state index contributed by atoms with van der Waals surface area (Å²) in [5.41, 5.74) is 2.86. The maximum Gasteiger partial charge on any atom is 0.410 e. The highest BCUT2D eigenvalue weighted by atomic mass is 35.5. The Bertz CT molecular complexity index is 1740. The zero-order valence-electron chi connectivity index (χ0n) is 30.2. The zero-order chi connectivity index (χ0) is 37.7. The summed E-state index contributed by atoms with van der Waals surface area (Å²) in [5, 5.41) is 11.3. The lowest BCUT2D eigenvalue weighted by molar-refractivity contribution is -0.139. The van der Waals surface area contributed by atoms with Gasteiger partial charge in [-0.25, -0.2) is 9.59 Å². The normalized spacial score (nSPS) is 17.3. The molecule has 1 saturated heterocycles. The van der Waals surface area contributed by atoms with Crippen LogP contribution in [0.5, 0.6) is 11.5 Å². The summed E-state index contributed by atoms with van der Waals surface area (Å²) in [5.74, 6) is 0.159. The summed E-state index contributed by atoms with van der Waals surface area (Å²) < 4.78 is 17.2. The molecule has 0 radical (unpaired) electrons. The quantitative estimate of drug-likeness (QED) is 0.183. The van der Waals surface area contributed by atoms with Gasteiger partial charge in [-0.05, 0) is 105 Å². The number of ether oxygens (including phenoxy) is 3. The molecular formula is C39H46Cl3N3O7. The fraction of sp³-hybridized carbons (Fsp3) is 0.462. The summed E-state index contributed by atoms with van der Waals surface area (Å²) in [4.78, 5) is 43.9. The van der Waals surface area contributed by atoms with Crippen LogP contribution in [0.1, 0.15) is 68.2 Å². The molecule has 2 atom stereocenters. The number of aryl methyl sites for hydroxylation is 1. The number of hydrogen-bond donors (Lipinski definition) is 1. The van der Waals surface area contributed by atoms with E-state index in [0.29, 0.717) is 46.1 Å². The van der Waals surface area contributed by atoms with E-state index in [-0.39, 0.29) is 44.2 Å². The predicted molar refractivity (Wildman–Crippen MR) is 202 cm³/mol. The number of rotatable bonds is 12. The molecule has 10 nitrogen and oxygen atoms in total. The van der Waals surface area contributed by atoms with Crippen molar-refractivity contribution in [2.45, 2.75) is 77.6 Å². The van der Waals surface area contributed by atoms with Gasteiger partial charge in [0.05, 0.1) is 16.0 Å². The summed E-state index contributed by atoms with van der Waals surface area (Å²) in [6.07, 6.45) is 0.747. The van der Waals surface area contributed by atoms with Crippen LogP contribution in [0, 0.1) is 12.8 Å². The number of hydrogen-bond acceptors (Lipinski definition) is 6. The second kappa shape index (κ2) is 16.9. The van der Waals surface area contributed by atoms with Crippen LogP contribution >= 0.6 is 34.8 Å². The Morgan fingerprint density at radius 2 is 1.54 bits per heavy atom. The van der Waals surface area contributed by atoms with Crippen molar-refractivity contribution in [1.82, 2.24) is 14.7 Å². The fourth-order valence-electron chi connectivity index (χ4n) is 6.41. The highest BCUT2D eigenvalue weighted by Crippen LogP contribution is 2.39. The molecule has 0 unspecified atom stereocenters. The number of likely N-dealkylation sites (tertiary alicyclic amines) is 1. The maximum atomic E-state index is 14.5. The molecule has 1 N–H and O–H groups in total. The first-order valence-electron chi connectivity index (χ1n) is 17.4. The van der Waals surface area contributed by atoms with Gasteiger partial charge >= 0.3 is 12.2 Å². The van der Waals surface area contributed by atoms with Crippen LogP contribution in [0.2, 0.25) is 15.1 Å². The molecule has 5 rings (SSSR count). The van der Waals surface area contributed by atoms with Gasteiger partial charge in [0, 0.05) is 44.3 Å². The van der Waals surface area contributed by atoms with Crippen molar-refractivity contribution in [2.24, 2.45) is 5.92 Å². The van der Waals surface area contributed by atoms with E-state index in [1.54, 1.807) is 25.2 Å². The third kappa shape index (κ3) is 10.4. The largest absolute Gasteiger partial charge is 0.490 e. The van der Waals surface area contributed by atoms with Crippen molar-refractivity contribution in [1.29, 1.82) is 0 Å². The molecule has 13 heteroatoms. The lowest BCUT2D eigenvalue weighted by Gasteiger charge is -2.39. The Kier molecular flexibility index (Phi) is 12.8. The third-order valence-electron chi connectivity index (χ3n) is 9.10. The first kappa shape index (κ1) is 39.3. The van der Waals surface area contributed by atoms with Gasteiger partial charge < -0.3 is 34.0 Å². The molecule has 52 heavy (non-hydrogen) atoms. The van der Waals surface area contributed by atoms with Crippen molar-refractivity contribution >= 4 is 52.9 Å².